The second-order valence-corrected chi connectivity index (χ2v) is 5.42. The molecule has 1 aliphatic rings. The molecule has 2 aromatic heterocycles. The fraction of sp³-hybridized carbons (Fsp3) is 0.364. The van der Waals surface area contributed by atoms with Crippen molar-refractivity contribution in [3.8, 4) is 0 Å². The van der Waals surface area contributed by atoms with Gasteiger partial charge in [0.05, 0.1) is 5.69 Å². The number of fused-ring (bicyclic) bond motifs is 1. The van der Waals surface area contributed by atoms with Gasteiger partial charge in [0.1, 0.15) is 6.26 Å². The quantitative estimate of drug-likeness (QED) is 0.875. The predicted molar refractivity (Wildman–Crippen MR) is 71.3 cm³/mol. The zero-order chi connectivity index (χ0) is 13.2. The van der Waals surface area contributed by atoms with Crippen LogP contribution >= 0.6 is 11.3 Å². The van der Waals surface area contributed by atoms with Gasteiger partial charge in [-0.25, -0.2) is 9.78 Å². The number of nitrogens with zero attached hydrogens (tertiary/aromatic N) is 3. The predicted octanol–water partition coefficient (Wildman–Crippen LogP) is 1.76. The highest BCUT2D eigenvalue weighted by Gasteiger charge is 2.19. The van der Waals surface area contributed by atoms with Crippen LogP contribution < -0.4 is 10.6 Å². The highest BCUT2D eigenvalue weighted by molar-refractivity contribution is 7.15. The van der Waals surface area contributed by atoms with Crippen LogP contribution in [0.1, 0.15) is 10.6 Å². The molecule has 0 saturated heterocycles. The topological polar surface area (TPSA) is 83.3 Å². The lowest BCUT2D eigenvalue weighted by molar-refractivity contribution is 0.262. The second kappa shape index (κ2) is 4.98. The van der Waals surface area contributed by atoms with Crippen LogP contribution in [-0.4, -0.2) is 34.7 Å². The fourth-order valence-electron chi connectivity index (χ4n) is 1.90. The van der Waals surface area contributed by atoms with Crippen molar-refractivity contribution in [2.24, 2.45) is 0 Å². The summed E-state index contributed by atoms with van der Waals surface area (Å²) in [5.41, 5.74) is 1.08. The van der Waals surface area contributed by atoms with Crippen molar-refractivity contribution >= 4 is 28.3 Å². The Labute approximate surface area is 113 Å². The van der Waals surface area contributed by atoms with Gasteiger partial charge in [0, 0.05) is 30.5 Å². The third-order valence-corrected chi connectivity index (χ3v) is 3.82. The highest BCUT2D eigenvalue weighted by Crippen LogP contribution is 2.27. The van der Waals surface area contributed by atoms with E-state index in [1.807, 2.05) is 0 Å². The van der Waals surface area contributed by atoms with Crippen molar-refractivity contribution in [2.45, 2.75) is 13.0 Å². The van der Waals surface area contributed by atoms with E-state index in [9.17, 15) is 4.79 Å². The van der Waals surface area contributed by atoms with Crippen LogP contribution in [-0.2, 0) is 13.0 Å². The average Bonchev–Trinajstić information content (AvgIpc) is 2.97. The van der Waals surface area contributed by atoms with Crippen LogP contribution in [0.3, 0.4) is 0 Å². The van der Waals surface area contributed by atoms with Crippen LogP contribution in [0.4, 0.5) is 15.7 Å². The van der Waals surface area contributed by atoms with Crippen LogP contribution in [0, 0.1) is 0 Å². The van der Waals surface area contributed by atoms with E-state index in [1.54, 1.807) is 6.07 Å². The van der Waals surface area contributed by atoms with Gasteiger partial charge < -0.3 is 9.42 Å². The number of urea groups is 1. The van der Waals surface area contributed by atoms with E-state index >= 15 is 0 Å². The number of carbonyl (C=O) groups is 1. The molecule has 19 heavy (non-hydrogen) atoms. The van der Waals surface area contributed by atoms with E-state index in [0.717, 1.165) is 25.2 Å². The van der Waals surface area contributed by atoms with E-state index in [1.165, 1.54) is 22.5 Å². The SMILES string of the molecule is CN1CCc2nc(NC(=O)Nc3ccon3)sc2C1. The Kier molecular flexibility index (Phi) is 3.18. The molecule has 0 saturated carbocycles. The number of thiazole rings is 1. The molecule has 3 heterocycles. The van der Waals surface area contributed by atoms with Crippen LogP contribution in [0.2, 0.25) is 0 Å². The molecule has 0 unspecified atom stereocenters. The molecule has 8 heteroatoms. The van der Waals surface area contributed by atoms with E-state index in [0.29, 0.717) is 10.9 Å². The molecule has 0 spiro atoms. The summed E-state index contributed by atoms with van der Waals surface area (Å²) >= 11 is 1.51. The Bertz CT molecular complexity index is 580. The molecule has 2 N–H and O–H groups in total. The Morgan fingerprint density at radius 2 is 2.42 bits per heavy atom. The van der Waals surface area contributed by atoms with E-state index in [2.05, 4.69) is 37.2 Å². The van der Waals surface area contributed by atoms with E-state index < -0.39 is 0 Å². The smallest absolute Gasteiger partial charge is 0.326 e. The standard InChI is InChI=1S/C11H13N5O2S/c1-16-4-2-7-8(6-16)19-11(12-7)14-10(17)13-9-3-5-18-15-9/h3,5H,2,4,6H2,1H3,(H2,12,13,14,15,17). The first-order chi connectivity index (χ1) is 9.20. The Hall–Kier alpha value is -1.93. The maximum absolute atomic E-state index is 11.7. The summed E-state index contributed by atoms with van der Waals surface area (Å²) in [7, 11) is 2.08. The van der Waals surface area contributed by atoms with Gasteiger partial charge in [-0.2, -0.15) is 0 Å². The zero-order valence-electron chi connectivity index (χ0n) is 10.3. The average molecular weight is 279 g/mol. The number of carbonyl (C=O) groups excluding carboxylic acids is 1. The highest BCUT2D eigenvalue weighted by atomic mass is 32.1. The summed E-state index contributed by atoms with van der Waals surface area (Å²) in [6, 6.07) is 1.20. The van der Waals surface area contributed by atoms with Crippen molar-refractivity contribution in [3.05, 3.63) is 22.9 Å². The summed E-state index contributed by atoms with van der Waals surface area (Å²) in [6.07, 6.45) is 2.32. The molecule has 0 fully saturated rings. The molecule has 0 atom stereocenters. The molecule has 0 radical (unpaired) electrons. The van der Waals surface area contributed by atoms with Gasteiger partial charge in [0.25, 0.3) is 0 Å². The first kappa shape index (κ1) is 12.1. The van der Waals surface area contributed by atoms with Crippen molar-refractivity contribution in [2.75, 3.05) is 24.2 Å². The van der Waals surface area contributed by atoms with Gasteiger partial charge in [-0.15, -0.1) is 11.3 Å². The van der Waals surface area contributed by atoms with E-state index in [4.69, 9.17) is 0 Å². The van der Waals surface area contributed by atoms with Crippen LogP contribution in [0.15, 0.2) is 16.9 Å². The van der Waals surface area contributed by atoms with E-state index in [-0.39, 0.29) is 6.03 Å². The summed E-state index contributed by atoms with van der Waals surface area (Å²) in [5, 5.41) is 9.48. The van der Waals surface area contributed by atoms with Gasteiger partial charge in [-0.3, -0.25) is 10.6 Å². The van der Waals surface area contributed by atoms with Gasteiger partial charge in [-0.05, 0) is 7.05 Å². The van der Waals surface area contributed by atoms with Gasteiger partial charge in [-0.1, -0.05) is 5.16 Å². The third kappa shape index (κ3) is 2.74. The summed E-state index contributed by atoms with van der Waals surface area (Å²) < 4.78 is 4.63. The molecule has 100 valence electrons. The Morgan fingerprint density at radius 3 is 3.21 bits per heavy atom. The molecule has 0 aliphatic carbocycles. The van der Waals surface area contributed by atoms with Crippen molar-refractivity contribution in [1.29, 1.82) is 0 Å². The van der Waals surface area contributed by atoms with Crippen LogP contribution in [0.25, 0.3) is 0 Å². The minimum absolute atomic E-state index is 0.367. The Balaban J connectivity index is 1.65. The lowest BCUT2D eigenvalue weighted by Crippen LogP contribution is -2.25. The van der Waals surface area contributed by atoms with Crippen molar-refractivity contribution in [1.82, 2.24) is 15.0 Å². The molecular weight excluding hydrogens is 266 g/mol. The number of hydrogen-bond donors (Lipinski definition) is 2. The Morgan fingerprint density at radius 1 is 1.53 bits per heavy atom. The number of hydrogen-bond acceptors (Lipinski definition) is 6. The molecule has 2 aromatic rings. The van der Waals surface area contributed by atoms with Gasteiger partial charge >= 0.3 is 6.03 Å². The first-order valence-electron chi connectivity index (χ1n) is 5.86. The zero-order valence-corrected chi connectivity index (χ0v) is 11.2. The molecule has 0 bridgehead atoms. The molecule has 0 aromatic carbocycles. The maximum Gasteiger partial charge on any atom is 0.326 e. The molecule has 1 aliphatic heterocycles. The largest absolute Gasteiger partial charge is 0.363 e. The second-order valence-electron chi connectivity index (χ2n) is 4.34. The summed E-state index contributed by atoms with van der Waals surface area (Å²) in [5.74, 6) is 0.374. The van der Waals surface area contributed by atoms with Crippen molar-refractivity contribution < 1.29 is 9.32 Å². The summed E-state index contributed by atoms with van der Waals surface area (Å²) in [4.78, 5) is 19.6. The van der Waals surface area contributed by atoms with Crippen LogP contribution in [0.5, 0.6) is 0 Å². The lowest BCUT2D eigenvalue weighted by atomic mass is 10.2. The number of likely N-dealkylation sites (N-methyl/N-ethyl adjacent to an activating group) is 1. The number of aromatic nitrogens is 2. The maximum atomic E-state index is 11.7. The number of anilines is 2. The number of nitrogens with one attached hydrogen (secondary N) is 2. The number of amides is 2. The monoisotopic (exact) mass is 279 g/mol. The molecular formula is C11H13N5O2S. The fourth-order valence-corrected chi connectivity index (χ4v) is 2.98. The van der Waals surface area contributed by atoms with Gasteiger partial charge in [0.2, 0.25) is 0 Å². The third-order valence-electron chi connectivity index (χ3n) is 2.82. The van der Waals surface area contributed by atoms with Crippen molar-refractivity contribution in [3.63, 3.8) is 0 Å². The normalized spacial score (nSPS) is 15.0. The first-order valence-corrected chi connectivity index (χ1v) is 6.68. The number of rotatable bonds is 2. The molecule has 2 amide bonds. The lowest BCUT2D eigenvalue weighted by Gasteiger charge is -2.20. The van der Waals surface area contributed by atoms with Gasteiger partial charge in [0.15, 0.2) is 10.9 Å². The molecule has 7 nitrogen and oxygen atoms in total. The summed E-state index contributed by atoms with van der Waals surface area (Å²) in [6.45, 7) is 1.89. The molecule has 3 rings (SSSR count). The minimum atomic E-state index is -0.367. The minimum Gasteiger partial charge on any atom is -0.363 e.